The van der Waals surface area contributed by atoms with E-state index in [0.29, 0.717) is 6.61 Å². The number of hydrogen-bond acceptors (Lipinski definition) is 3. The first kappa shape index (κ1) is 13.4. The first-order valence-electron chi connectivity index (χ1n) is 7.15. The van der Waals surface area contributed by atoms with E-state index in [1.807, 2.05) is 49.6 Å². The number of nitrogens with one attached hydrogen (secondary N) is 1. The fourth-order valence-electron chi connectivity index (χ4n) is 2.33. The van der Waals surface area contributed by atoms with Crippen LogP contribution in [0.5, 0.6) is 5.75 Å². The van der Waals surface area contributed by atoms with Crippen molar-refractivity contribution in [1.29, 1.82) is 0 Å². The van der Waals surface area contributed by atoms with Gasteiger partial charge in [-0.1, -0.05) is 24.3 Å². The molecule has 1 aromatic heterocycles. The molecular weight excluding hydrogens is 260 g/mol. The molecule has 3 nitrogen and oxygen atoms in total. The average Bonchev–Trinajstić information content (AvgIpc) is 2.54. The average molecular weight is 278 g/mol. The van der Waals surface area contributed by atoms with Gasteiger partial charge in [0.2, 0.25) is 0 Å². The number of pyridine rings is 1. The van der Waals surface area contributed by atoms with Crippen LogP contribution in [0, 0.1) is 0 Å². The third-order valence-electron chi connectivity index (χ3n) is 3.37. The van der Waals surface area contributed by atoms with Crippen molar-refractivity contribution in [2.24, 2.45) is 0 Å². The molecule has 0 atom stereocenters. The molecule has 0 aliphatic heterocycles. The van der Waals surface area contributed by atoms with E-state index in [4.69, 9.17) is 4.74 Å². The van der Waals surface area contributed by atoms with Gasteiger partial charge in [-0.25, -0.2) is 0 Å². The maximum atomic E-state index is 5.62. The van der Waals surface area contributed by atoms with Crippen LogP contribution < -0.4 is 10.1 Å². The molecule has 106 valence electrons. The topological polar surface area (TPSA) is 34.1 Å². The predicted octanol–water partition coefficient (Wildman–Crippen LogP) is 4.25. The Morgan fingerprint density at radius 1 is 1.05 bits per heavy atom. The SMILES string of the molecule is CCOc1ccccc1NCc1ccc2cnccc2c1. The first-order valence-corrected chi connectivity index (χ1v) is 7.15. The van der Waals surface area contributed by atoms with Gasteiger partial charge in [0, 0.05) is 24.3 Å². The number of aromatic nitrogens is 1. The molecule has 0 saturated heterocycles. The quantitative estimate of drug-likeness (QED) is 0.757. The molecule has 0 aliphatic carbocycles. The van der Waals surface area contributed by atoms with Crippen molar-refractivity contribution in [3.8, 4) is 5.75 Å². The van der Waals surface area contributed by atoms with Gasteiger partial charge in [0.25, 0.3) is 0 Å². The van der Waals surface area contributed by atoms with Gasteiger partial charge in [0.05, 0.1) is 12.3 Å². The zero-order valence-electron chi connectivity index (χ0n) is 12.0. The number of rotatable bonds is 5. The van der Waals surface area contributed by atoms with Crippen LogP contribution in [0.1, 0.15) is 12.5 Å². The van der Waals surface area contributed by atoms with Gasteiger partial charge in [0.15, 0.2) is 0 Å². The summed E-state index contributed by atoms with van der Waals surface area (Å²) in [6.07, 6.45) is 3.71. The van der Waals surface area contributed by atoms with Crippen LogP contribution >= 0.6 is 0 Å². The van der Waals surface area contributed by atoms with Crippen molar-refractivity contribution in [2.45, 2.75) is 13.5 Å². The van der Waals surface area contributed by atoms with Crippen LogP contribution in [0.4, 0.5) is 5.69 Å². The lowest BCUT2D eigenvalue weighted by atomic mass is 10.1. The molecule has 3 heteroatoms. The Kier molecular flexibility index (Phi) is 4.01. The van der Waals surface area contributed by atoms with Crippen molar-refractivity contribution in [3.63, 3.8) is 0 Å². The Morgan fingerprint density at radius 3 is 2.86 bits per heavy atom. The molecule has 0 amide bonds. The summed E-state index contributed by atoms with van der Waals surface area (Å²) < 4.78 is 5.62. The van der Waals surface area contributed by atoms with Crippen LogP contribution in [0.25, 0.3) is 10.8 Å². The third-order valence-corrected chi connectivity index (χ3v) is 3.37. The molecule has 0 bridgehead atoms. The Hall–Kier alpha value is -2.55. The smallest absolute Gasteiger partial charge is 0.142 e. The highest BCUT2D eigenvalue weighted by molar-refractivity contribution is 5.82. The number of anilines is 1. The summed E-state index contributed by atoms with van der Waals surface area (Å²) in [5, 5.41) is 5.81. The van der Waals surface area contributed by atoms with E-state index in [0.717, 1.165) is 23.4 Å². The number of benzene rings is 2. The van der Waals surface area contributed by atoms with E-state index in [1.165, 1.54) is 10.9 Å². The monoisotopic (exact) mass is 278 g/mol. The summed E-state index contributed by atoms with van der Waals surface area (Å²) in [6, 6.07) is 16.5. The van der Waals surface area contributed by atoms with Crippen LogP contribution in [-0.4, -0.2) is 11.6 Å². The summed E-state index contributed by atoms with van der Waals surface area (Å²) in [5.41, 5.74) is 2.26. The molecule has 21 heavy (non-hydrogen) atoms. The van der Waals surface area contributed by atoms with Gasteiger partial charge >= 0.3 is 0 Å². The van der Waals surface area contributed by atoms with E-state index in [1.54, 1.807) is 0 Å². The second-order valence-electron chi connectivity index (χ2n) is 4.84. The summed E-state index contributed by atoms with van der Waals surface area (Å²) in [7, 11) is 0. The van der Waals surface area contributed by atoms with E-state index in [9.17, 15) is 0 Å². The molecule has 0 unspecified atom stereocenters. The number of ether oxygens (including phenoxy) is 1. The maximum absolute atomic E-state index is 5.62. The highest BCUT2D eigenvalue weighted by Crippen LogP contribution is 2.24. The Balaban J connectivity index is 1.77. The fourth-order valence-corrected chi connectivity index (χ4v) is 2.33. The van der Waals surface area contributed by atoms with Crippen LogP contribution in [-0.2, 0) is 6.54 Å². The summed E-state index contributed by atoms with van der Waals surface area (Å²) in [4.78, 5) is 4.14. The Bertz CT molecular complexity index is 740. The normalized spacial score (nSPS) is 10.5. The number of nitrogens with zero attached hydrogens (tertiary/aromatic N) is 1. The molecular formula is C18H18N2O. The summed E-state index contributed by atoms with van der Waals surface area (Å²) >= 11 is 0. The highest BCUT2D eigenvalue weighted by Gasteiger charge is 2.02. The molecule has 0 radical (unpaired) electrons. The van der Waals surface area contributed by atoms with E-state index < -0.39 is 0 Å². The number of fused-ring (bicyclic) bond motifs is 1. The van der Waals surface area contributed by atoms with Gasteiger partial charge in [-0.15, -0.1) is 0 Å². The molecule has 0 aliphatic rings. The lowest BCUT2D eigenvalue weighted by Crippen LogP contribution is -2.02. The lowest BCUT2D eigenvalue weighted by Gasteiger charge is -2.12. The molecule has 3 rings (SSSR count). The van der Waals surface area contributed by atoms with Gasteiger partial charge in [-0.05, 0) is 42.1 Å². The minimum atomic E-state index is 0.668. The van der Waals surface area contributed by atoms with Crippen molar-refractivity contribution >= 4 is 16.5 Å². The molecule has 0 fully saturated rings. The zero-order valence-corrected chi connectivity index (χ0v) is 12.0. The maximum Gasteiger partial charge on any atom is 0.142 e. The summed E-state index contributed by atoms with van der Waals surface area (Å²) in [5.74, 6) is 0.894. The van der Waals surface area contributed by atoms with Gasteiger partial charge in [0.1, 0.15) is 5.75 Å². The van der Waals surface area contributed by atoms with E-state index >= 15 is 0 Å². The van der Waals surface area contributed by atoms with Gasteiger partial charge < -0.3 is 10.1 Å². The van der Waals surface area contributed by atoms with Gasteiger partial charge in [-0.3, -0.25) is 4.98 Å². The second-order valence-corrected chi connectivity index (χ2v) is 4.84. The predicted molar refractivity (Wildman–Crippen MR) is 86.7 cm³/mol. The van der Waals surface area contributed by atoms with E-state index in [2.05, 4.69) is 28.5 Å². The standard InChI is InChI=1S/C18H18N2O/c1-2-21-18-6-4-3-5-17(18)20-12-14-7-8-16-13-19-10-9-15(16)11-14/h3-11,13,20H,2,12H2,1H3. The van der Waals surface area contributed by atoms with Crippen molar-refractivity contribution in [3.05, 3.63) is 66.5 Å². The second kappa shape index (κ2) is 6.27. The molecule has 1 N–H and O–H groups in total. The molecule has 1 heterocycles. The minimum Gasteiger partial charge on any atom is -0.492 e. The molecule has 0 spiro atoms. The molecule has 0 saturated carbocycles. The van der Waals surface area contributed by atoms with Crippen LogP contribution in [0.3, 0.4) is 0 Å². The Morgan fingerprint density at radius 2 is 1.95 bits per heavy atom. The summed E-state index contributed by atoms with van der Waals surface area (Å²) in [6.45, 7) is 3.43. The highest BCUT2D eigenvalue weighted by atomic mass is 16.5. The van der Waals surface area contributed by atoms with Crippen LogP contribution in [0.2, 0.25) is 0 Å². The minimum absolute atomic E-state index is 0.668. The fraction of sp³-hybridized carbons (Fsp3) is 0.167. The van der Waals surface area contributed by atoms with E-state index in [-0.39, 0.29) is 0 Å². The lowest BCUT2D eigenvalue weighted by molar-refractivity contribution is 0.341. The van der Waals surface area contributed by atoms with Gasteiger partial charge in [-0.2, -0.15) is 0 Å². The zero-order chi connectivity index (χ0) is 14.5. The third kappa shape index (κ3) is 3.14. The molecule has 2 aromatic carbocycles. The Labute approximate surface area is 124 Å². The van der Waals surface area contributed by atoms with Crippen molar-refractivity contribution in [1.82, 2.24) is 4.98 Å². The van der Waals surface area contributed by atoms with Crippen molar-refractivity contribution < 1.29 is 4.74 Å². The first-order chi connectivity index (χ1) is 10.4. The largest absolute Gasteiger partial charge is 0.492 e. The molecule has 3 aromatic rings. The van der Waals surface area contributed by atoms with Crippen molar-refractivity contribution in [2.75, 3.05) is 11.9 Å². The number of para-hydroxylation sites is 2. The number of hydrogen-bond donors (Lipinski definition) is 1. The van der Waals surface area contributed by atoms with Crippen LogP contribution in [0.15, 0.2) is 60.9 Å².